The summed E-state index contributed by atoms with van der Waals surface area (Å²) in [6, 6.07) is 13.2. The number of nitrogens with zero attached hydrogens (tertiary/aromatic N) is 3. The summed E-state index contributed by atoms with van der Waals surface area (Å²) in [6.07, 6.45) is 2.11. The SMILES string of the molecule is COC(=O)c1ccc2c(=O)[nH]c(CN3CCCC3c3nc4ccccc4s3)nc2c1. The van der Waals surface area contributed by atoms with E-state index in [4.69, 9.17) is 9.72 Å². The third-order valence-electron chi connectivity index (χ3n) is 5.49. The summed E-state index contributed by atoms with van der Waals surface area (Å²) >= 11 is 1.73. The Morgan fingerprint density at radius 3 is 2.93 bits per heavy atom. The van der Waals surface area contributed by atoms with E-state index in [0.717, 1.165) is 29.9 Å². The van der Waals surface area contributed by atoms with Crippen LogP contribution in [0.2, 0.25) is 0 Å². The highest BCUT2D eigenvalue weighted by atomic mass is 32.1. The summed E-state index contributed by atoms with van der Waals surface area (Å²) in [6.45, 7) is 1.44. The fourth-order valence-corrected chi connectivity index (χ4v) is 5.16. The Kier molecular flexibility index (Phi) is 4.80. The average molecular weight is 420 g/mol. The smallest absolute Gasteiger partial charge is 0.337 e. The van der Waals surface area contributed by atoms with E-state index in [9.17, 15) is 9.59 Å². The van der Waals surface area contributed by atoms with E-state index in [-0.39, 0.29) is 11.6 Å². The van der Waals surface area contributed by atoms with Crippen molar-refractivity contribution in [3.05, 3.63) is 69.2 Å². The molecule has 0 radical (unpaired) electrons. The number of hydrogen-bond acceptors (Lipinski definition) is 7. The molecular formula is C22H20N4O3S. The molecule has 0 spiro atoms. The highest BCUT2D eigenvalue weighted by Gasteiger charge is 2.29. The van der Waals surface area contributed by atoms with Crippen LogP contribution in [0.15, 0.2) is 47.3 Å². The number of fused-ring (bicyclic) bond motifs is 2. The summed E-state index contributed by atoms with van der Waals surface area (Å²) < 4.78 is 5.96. The predicted molar refractivity (Wildman–Crippen MR) is 116 cm³/mol. The molecule has 1 saturated heterocycles. The van der Waals surface area contributed by atoms with Crippen LogP contribution in [-0.4, -0.2) is 39.5 Å². The Bertz CT molecular complexity index is 1280. The molecule has 30 heavy (non-hydrogen) atoms. The van der Waals surface area contributed by atoms with Gasteiger partial charge in [0.05, 0.1) is 46.4 Å². The van der Waals surface area contributed by atoms with Gasteiger partial charge in [-0.25, -0.2) is 14.8 Å². The van der Waals surface area contributed by atoms with Gasteiger partial charge in [0.1, 0.15) is 10.8 Å². The van der Waals surface area contributed by atoms with Crippen LogP contribution in [0.4, 0.5) is 0 Å². The van der Waals surface area contributed by atoms with Crippen LogP contribution < -0.4 is 5.56 Å². The van der Waals surface area contributed by atoms with Crippen LogP contribution in [0.25, 0.3) is 21.1 Å². The molecule has 152 valence electrons. The van der Waals surface area contributed by atoms with Gasteiger partial charge >= 0.3 is 5.97 Å². The first-order valence-corrected chi connectivity index (χ1v) is 10.6. The summed E-state index contributed by atoms with van der Waals surface area (Å²) in [7, 11) is 1.33. The zero-order chi connectivity index (χ0) is 20.7. The molecule has 1 aliphatic heterocycles. The number of hydrogen-bond donors (Lipinski definition) is 1. The van der Waals surface area contributed by atoms with E-state index in [1.54, 1.807) is 29.5 Å². The molecule has 1 N–H and O–H groups in total. The van der Waals surface area contributed by atoms with Gasteiger partial charge in [0.15, 0.2) is 0 Å². The molecule has 1 unspecified atom stereocenters. The van der Waals surface area contributed by atoms with Crippen molar-refractivity contribution in [1.29, 1.82) is 0 Å². The van der Waals surface area contributed by atoms with Crippen LogP contribution in [0.1, 0.15) is 40.1 Å². The van der Waals surface area contributed by atoms with E-state index >= 15 is 0 Å². The first-order chi connectivity index (χ1) is 14.6. The second-order valence-corrected chi connectivity index (χ2v) is 8.45. The molecule has 3 heterocycles. The van der Waals surface area contributed by atoms with Gasteiger partial charge in [-0.3, -0.25) is 9.69 Å². The van der Waals surface area contributed by atoms with Crippen molar-refractivity contribution < 1.29 is 9.53 Å². The summed E-state index contributed by atoms with van der Waals surface area (Å²) in [5.41, 5.74) is 1.69. The molecule has 1 fully saturated rings. The lowest BCUT2D eigenvalue weighted by Gasteiger charge is -2.22. The standard InChI is InChI=1S/C22H20N4O3S/c1-29-22(28)13-8-9-14-16(11-13)23-19(25-20(14)27)12-26-10-4-6-17(26)21-24-15-5-2-3-7-18(15)30-21/h2-3,5,7-9,11,17H,4,6,10,12H2,1H3,(H,23,25,27). The maximum Gasteiger partial charge on any atom is 0.337 e. The highest BCUT2D eigenvalue weighted by Crippen LogP contribution is 2.36. The number of carbonyl (C=O) groups is 1. The van der Waals surface area contributed by atoms with Crippen molar-refractivity contribution in [3.63, 3.8) is 0 Å². The minimum atomic E-state index is -0.448. The number of aromatic amines is 1. The predicted octanol–water partition coefficient (Wildman–Crippen LogP) is 3.66. The number of carbonyl (C=O) groups excluding carboxylic acids is 1. The van der Waals surface area contributed by atoms with Crippen LogP contribution in [0.5, 0.6) is 0 Å². The Hall–Kier alpha value is -3.10. The number of rotatable bonds is 4. The summed E-state index contributed by atoms with van der Waals surface area (Å²) in [4.78, 5) is 39.0. The molecule has 1 atom stereocenters. The fraction of sp³-hybridized carbons (Fsp3) is 0.273. The van der Waals surface area contributed by atoms with Crippen molar-refractivity contribution in [2.75, 3.05) is 13.7 Å². The van der Waals surface area contributed by atoms with Gasteiger partial charge < -0.3 is 9.72 Å². The molecule has 7 nitrogen and oxygen atoms in total. The van der Waals surface area contributed by atoms with Crippen LogP contribution in [-0.2, 0) is 11.3 Å². The monoisotopic (exact) mass is 420 g/mol. The number of aromatic nitrogens is 3. The van der Waals surface area contributed by atoms with Crippen molar-refractivity contribution in [1.82, 2.24) is 19.9 Å². The number of nitrogens with one attached hydrogen (secondary N) is 1. The number of thiazole rings is 1. The molecule has 4 aromatic rings. The Morgan fingerprint density at radius 2 is 2.10 bits per heavy atom. The average Bonchev–Trinajstić information content (AvgIpc) is 3.39. The van der Waals surface area contributed by atoms with Gasteiger partial charge in [0, 0.05) is 0 Å². The van der Waals surface area contributed by atoms with Gasteiger partial charge in [-0.2, -0.15) is 0 Å². The van der Waals surface area contributed by atoms with Gasteiger partial charge in [-0.15, -0.1) is 11.3 Å². The number of esters is 1. The maximum absolute atomic E-state index is 12.6. The molecule has 0 bridgehead atoms. The van der Waals surface area contributed by atoms with E-state index in [0.29, 0.717) is 28.8 Å². The van der Waals surface area contributed by atoms with Crippen LogP contribution in [0.3, 0.4) is 0 Å². The van der Waals surface area contributed by atoms with Gasteiger partial charge in [0.2, 0.25) is 0 Å². The molecule has 8 heteroatoms. The largest absolute Gasteiger partial charge is 0.465 e. The Balaban J connectivity index is 1.46. The number of benzene rings is 2. The lowest BCUT2D eigenvalue weighted by molar-refractivity contribution is 0.0601. The number of methoxy groups -OCH3 is 1. The van der Waals surface area contributed by atoms with E-state index in [1.807, 2.05) is 18.2 Å². The zero-order valence-corrected chi connectivity index (χ0v) is 17.2. The van der Waals surface area contributed by atoms with Crippen molar-refractivity contribution >= 4 is 38.4 Å². The van der Waals surface area contributed by atoms with Crippen molar-refractivity contribution in [3.8, 4) is 0 Å². The number of para-hydroxylation sites is 1. The second kappa shape index (κ2) is 7.62. The molecule has 5 rings (SSSR count). The molecule has 1 aliphatic rings. The highest BCUT2D eigenvalue weighted by molar-refractivity contribution is 7.18. The lowest BCUT2D eigenvalue weighted by atomic mass is 10.1. The third-order valence-corrected chi connectivity index (χ3v) is 6.63. The molecule has 0 amide bonds. The topological polar surface area (TPSA) is 88.2 Å². The lowest BCUT2D eigenvalue weighted by Crippen LogP contribution is -2.25. The van der Waals surface area contributed by atoms with Crippen molar-refractivity contribution in [2.24, 2.45) is 0 Å². The van der Waals surface area contributed by atoms with Crippen molar-refractivity contribution in [2.45, 2.75) is 25.4 Å². The third kappa shape index (κ3) is 3.38. The summed E-state index contributed by atoms with van der Waals surface area (Å²) in [5, 5.41) is 1.56. The first-order valence-electron chi connectivity index (χ1n) is 9.83. The van der Waals surface area contributed by atoms with Gasteiger partial charge in [-0.05, 0) is 49.7 Å². The molecule has 2 aromatic heterocycles. The van der Waals surface area contributed by atoms with Crippen LogP contribution in [0, 0.1) is 0 Å². The Morgan fingerprint density at radius 1 is 1.23 bits per heavy atom. The second-order valence-electron chi connectivity index (χ2n) is 7.38. The molecule has 0 aliphatic carbocycles. The van der Waals surface area contributed by atoms with E-state index in [2.05, 4.69) is 20.9 Å². The number of ether oxygens (including phenoxy) is 1. The molecular weight excluding hydrogens is 400 g/mol. The quantitative estimate of drug-likeness (QED) is 0.507. The van der Waals surface area contributed by atoms with E-state index < -0.39 is 5.97 Å². The summed E-state index contributed by atoms with van der Waals surface area (Å²) in [5.74, 6) is 0.138. The zero-order valence-electron chi connectivity index (χ0n) is 16.4. The first kappa shape index (κ1) is 18.9. The maximum atomic E-state index is 12.6. The van der Waals surface area contributed by atoms with Crippen LogP contribution >= 0.6 is 11.3 Å². The molecule has 2 aromatic carbocycles. The number of H-pyrrole nitrogens is 1. The van der Waals surface area contributed by atoms with E-state index in [1.165, 1.54) is 11.8 Å². The fourth-order valence-electron chi connectivity index (χ4n) is 4.03. The molecule has 0 saturated carbocycles. The minimum Gasteiger partial charge on any atom is -0.465 e. The normalized spacial score (nSPS) is 17.0. The number of likely N-dealkylation sites (tertiary alicyclic amines) is 1. The van der Waals surface area contributed by atoms with Gasteiger partial charge in [-0.1, -0.05) is 12.1 Å². The Labute approximate surface area is 176 Å². The van der Waals surface area contributed by atoms with Gasteiger partial charge in [0.25, 0.3) is 5.56 Å². The minimum absolute atomic E-state index is 0.206.